The number of aryl methyl sites for hydroxylation is 1. The number of nitrogens with zero attached hydrogens (tertiary/aromatic N) is 4. The number of nitrogens with one attached hydrogen (secondary N) is 1. The highest BCUT2D eigenvalue weighted by molar-refractivity contribution is 9.10. The Labute approximate surface area is 112 Å². The number of fused-ring (bicyclic) bond motifs is 1. The molecular weight excluding hydrogens is 294 g/mol. The number of benzene rings is 1. The summed E-state index contributed by atoms with van der Waals surface area (Å²) < 4.78 is 2.74. The first-order valence-corrected chi connectivity index (χ1v) is 6.18. The number of hydrogen-bond acceptors (Lipinski definition) is 4. The molecule has 0 bridgehead atoms. The molecule has 3 rings (SSSR count). The average Bonchev–Trinajstić information content (AvgIpc) is 2.75. The van der Waals surface area contributed by atoms with Crippen LogP contribution < -0.4 is 5.32 Å². The lowest BCUT2D eigenvalue weighted by Crippen LogP contribution is -1.96. The van der Waals surface area contributed by atoms with Gasteiger partial charge in [0, 0.05) is 29.3 Å². The fraction of sp³-hybridized carbons (Fsp3) is 0.0833. The molecule has 0 amide bonds. The van der Waals surface area contributed by atoms with E-state index >= 15 is 0 Å². The van der Waals surface area contributed by atoms with E-state index in [4.69, 9.17) is 0 Å². The van der Waals surface area contributed by atoms with Crippen LogP contribution >= 0.6 is 15.9 Å². The van der Waals surface area contributed by atoms with Gasteiger partial charge in [-0.3, -0.25) is 4.68 Å². The van der Waals surface area contributed by atoms with Crippen molar-refractivity contribution in [2.24, 2.45) is 7.05 Å². The van der Waals surface area contributed by atoms with Gasteiger partial charge in [-0.1, -0.05) is 15.9 Å². The number of rotatable bonds is 2. The van der Waals surface area contributed by atoms with Crippen molar-refractivity contribution in [1.82, 2.24) is 19.7 Å². The summed E-state index contributed by atoms with van der Waals surface area (Å²) in [5, 5.41) is 8.19. The number of aromatic nitrogens is 4. The molecule has 0 aliphatic heterocycles. The molecule has 3 aromatic rings. The Hall–Kier alpha value is -1.95. The van der Waals surface area contributed by atoms with Crippen LogP contribution in [-0.4, -0.2) is 19.7 Å². The molecule has 6 heteroatoms. The van der Waals surface area contributed by atoms with Crippen molar-refractivity contribution in [1.29, 1.82) is 0 Å². The molecule has 2 aromatic heterocycles. The van der Waals surface area contributed by atoms with Crippen LogP contribution in [0.4, 0.5) is 11.6 Å². The van der Waals surface area contributed by atoms with Crippen molar-refractivity contribution in [3.05, 3.63) is 41.3 Å². The van der Waals surface area contributed by atoms with Gasteiger partial charge < -0.3 is 5.32 Å². The van der Waals surface area contributed by atoms with Gasteiger partial charge in [0.1, 0.15) is 0 Å². The summed E-state index contributed by atoms with van der Waals surface area (Å²) in [5.74, 6) is 0.567. The van der Waals surface area contributed by atoms with Gasteiger partial charge >= 0.3 is 0 Å². The Morgan fingerprint density at radius 2 is 2.17 bits per heavy atom. The fourth-order valence-corrected chi connectivity index (χ4v) is 2.06. The normalized spacial score (nSPS) is 10.8. The zero-order chi connectivity index (χ0) is 12.5. The average molecular weight is 304 g/mol. The second-order valence-corrected chi connectivity index (χ2v) is 4.84. The predicted octanol–water partition coefficient (Wildman–Crippen LogP) is 2.87. The first-order chi connectivity index (χ1) is 8.70. The van der Waals surface area contributed by atoms with Gasteiger partial charge in [0.25, 0.3) is 0 Å². The van der Waals surface area contributed by atoms with E-state index in [1.807, 2.05) is 31.4 Å². The topological polar surface area (TPSA) is 55.6 Å². The molecule has 0 aliphatic carbocycles. The largest absolute Gasteiger partial charge is 0.321 e. The van der Waals surface area contributed by atoms with Crippen LogP contribution in [0.3, 0.4) is 0 Å². The van der Waals surface area contributed by atoms with Gasteiger partial charge in [-0.05, 0) is 18.2 Å². The predicted molar refractivity (Wildman–Crippen MR) is 73.7 cm³/mol. The zero-order valence-corrected chi connectivity index (χ0v) is 11.2. The Kier molecular flexibility index (Phi) is 2.71. The highest BCUT2D eigenvalue weighted by Crippen LogP contribution is 2.19. The van der Waals surface area contributed by atoms with Gasteiger partial charge in [0.2, 0.25) is 5.95 Å². The summed E-state index contributed by atoms with van der Waals surface area (Å²) in [6.45, 7) is 0. The monoisotopic (exact) mass is 303 g/mol. The molecule has 0 fully saturated rings. The van der Waals surface area contributed by atoms with Gasteiger partial charge in [-0.25, -0.2) is 9.97 Å². The maximum Gasteiger partial charge on any atom is 0.227 e. The maximum absolute atomic E-state index is 4.44. The van der Waals surface area contributed by atoms with E-state index in [0.29, 0.717) is 5.95 Å². The lowest BCUT2D eigenvalue weighted by Gasteiger charge is -2.03. The van der Waals surface area contributed by atoms with E-state index in [0.717, 1.165) is 21.1 Å². The van der Waals surface area contributed by atoms with E-state index in [1.165, 1.54) is 0 Å². The lowest BCUT2D eigenvalue weighted by molar-refractivity contribution is 0.768. The van der Waals surface area contributed by atoms with Crippen LogP contribution in [0, 0.1) is 0 Å². The third kappa shape index (κ3) is 2.19. The Bertz CT molecular complexity index is 707. The fourth-order valence-electron chi connectivity index (χ4n) is 1.68. The van der Waals surface area contributed by atoms with E-state index in [1.54, 1.807) is 17.1 Å². The van der Waals surface area contributed by atoms with Crippen LogP contribution in [0.5, 0.6) is 0 Å². The van der Waals surface area contributed by atoms with E-state index in [2.05, 4.69) is 36.3 Å². The summed E-state index contributed by atoms with van der Waals surface area (Å²) >= 11 is 3.43. The Balaban J connectivity index is 1.96. The van der Waals surface area contributed by atoms with Crippen LogP contribution in [0.25, 0.3) is 10.9 Å². The molecule has 0 saturated heterocycles. The van der Waals surface area contributed by atoms with E-state index in [9.17, 15) is 0 Å². The van der Waals surface area contributed by atoms with Crippen molar-refractivity contribution in [3.8, 4) is 0 Å². The Morgan fingerprint density at radius 1 is 1.28 bits per heavy atom. The van der Waals surface area contributed by atoms with Gasteiger partial charge in [0.15, 0.2) is 0 Å². The van der Waals surface area contributed by atoms with Crippen LogP contribution in [-0.2, 0) is 7.05 Å². The minimum Gasteiger partial charge on any atom is -0.321 e. The first kappa shape index (κ1) is 11.2. The van der Waals surface area contributed by atoms with Gasteiger partial charge in [0.05, 0.1) is 17.4 Å². The van der Waals surface area contributed by atoms with Gasteiger partial charge in [-0.2, -0.15) is 5.10 Å². The number of halogens is 1. The van der Waals surface area contributed by atoms with Crippen molar-refractivity contribution < 1.29 is 0 Å². The standard InChI is InChI=1S/C12H10BrN5/c1-18-7-10(6-15-18)16-12-14-5-8-4-9(13)2-3-11(8)17-12/h2-7H,1H3,(H,14,16,17). The molecule has 90 valence electrons. The quantitative estimate of drug-likeness (QED) is 0.791. The van der Waals surface area contributed by atoms with Crippen molar-refractivity contribution in [2.45, 2.75) is 0 Å². The summed E-state index contributed by atoms with van der Waals surface area (Å²) in [7, 11) is 1.87. The smallest absolute Gasteiger partial charge is 0.227 e. The van der Waals surface area contributed by atoms with Gasteiger partial charge in [-0.15, -0.1) is 0 Å². The number of anilines is 2. The van der Waals surface area contributed by atoms with Crippen LogP contribution in [0.1, 0.15) is 0 Å². The minimum atomic E-state index is 0.567. The summed E-state index contributed by atoms with van der Waals surface area (Å²) in [5.41, 5.74) is 1.77. The molecule has 1 aromatic carbocycles. The summed E-state index contributed by atoms with van der Waals surface area (Å²) in [6, 6.07) is 5.90. The first-order valence-electron chi connectivity index (χ1n) is 5.39. The maximum atomic E-state index is 4.44. The van der Waals surface area contributed by atoms with Crippen LogP contribution in [0.15, 0.2) is 41.3 Å². The third-order valence-corrected chi connectivity index (χ3v) is 3.00. The van der Waals surface area contributed by atoms with Crippen molar-refractivity contribution >= 4 is 38.5 Å². The summed E-state index contributed by atoms with van der Waals surface area (Å²) in [4.78, 5) is 8.71. The zero-order valence-electron chi connectivity index (χ0n) is 9.63. The highest BCUT2D eigenvalue weighted by atomic mass is 79.9. The lowest BCUT2D eigenvalue weighted by atomic mass is 10.2. The third-order valence-electron chi connectivity index (χ3n) is 2.50. The molecule has 0 unspecified atom stereocenters. The molecule has 5 nitrogen and oxygen atoms in total. The van der Waals surface area contributed by atoms with Crippen molar-refractivity contribution in [3.63, 3.8) is 0 Å². The molecular formula is C12H10BrN5. The molecule has 0 saturated carbocycles. The molecule has 0 radical (unpaired) electrons. The van der Waals surface area contributed by atoms with E-state index < -0.39 is 0 Å². The minimum absolute atomic E-state index is 0.567. The SMILES string of the molecule is Cn1cc(Nc2ncc3cc(Br)ccc3n2)cn1. The van der Waals surface area contributed by atoms with Crippen molar-refractivity contribution in [2.75, 3.05) is 5.32 Å². The molecule has 0 aliphatic rings. The molecule has 0 spiro atoms. The second-order valence-electron chi connectivity index (χ2n) is 3.92. The molecule has 18 heavy (non-hydrogen) atoms. The summed E-state index contributed by atoms with van der Waals surface area (Å²) in [6.07, 6.45) is 5.40. The molecule has 1 N–H and O–H groups in total. The molecule has 0 atom stereocenters. The highest BCUT2D eigenvalue weighted by Gasteiger charge is 2.02. The number of hydrogen-bond donors (Lipinski definition) is 1. The van der Waals surface area contributed by atoms with E-state index in [-0.39, 0.29) is 0 Å². The Morgan fingerprint density at radius 3 is 2.94 bits per heavy atom. The molecule has 2 heterocycles. The van der Waals surface area contributed by atoms with Crippen LogP contribution in [0.2, 0.25) is 0 Å². The second kappa shape index (κ2) is 4.38.